The number of carbonyl (C=O) groups excluding carboxylic acids is 1. The van der Waals surface area contributed by atoms with E-state index in [0.717, 1.165) is 24.3 Å². The van der Waals surface area contributed by atoms with Crippen molar-refractivity contribution in [3.8, 4) is 0 Å². The van der Waals surface area contributed by atoms with Crippen molar-refractivity contribution in [1.29, 1.82) is 0 Å². The highest BCUT2D eigenvalue weighted by Crippen LogP contribution is 2.18. The maximum absolute atomic E-state index is 12.0. The number of nitrogens with one attached hydrogen (secondary N) is 1. The molecule has 0 aliphatic heterocycles. The second-order valence-electron chi connectivity index (χ2n) is 5.67. The van der Waals surface area contributed by atoms with Gasteiger partial charge in [0, 0.05) is 17.9 Å². The van der Waals surface area contributed by atoms with Crippen molar-refractivity contribution in [2.75, 3.05) is 5.75 Å². The second-order valence-corrected chi connectivity index (χ2v) is 7.70. The summed E-state index contributed by atoms with van der Waals surface area (Å²) in [7, 11) is 0. The molecule has 1 aliphatic rings. The van der Waals surface area contributed by atoms with E-state index in [-0.39, 0.29) is 11.5 Å². The van der Waals surface area contributed by atoms with Crippen LogP contribution in [0.5, 0.6) is 0 Å². The van der Waals surface area contributed by atoms with Crippen LogP contribution in [0.4, 0.5) is 0 Å². The van der Waals surface area contributed by atoms with Crippen LogP contribution in [0.2, 0.25) is 0 Å². The predicted octanol–water partition coefficient (Wildman–Crippen LogP) is 2.01. The van der Waals surface area contributed by atoms with Gasteiger partial charge in [0.15, 0.2) is 0 Å². The molecule has 23 heavy (non-hydrogen) atoms. The lowest BCUT2D eigenvalue weighted by Gasteiger charge is -2.11. The molecule has 0 bridgehead atoms. The minimum Gasteiger partial charge on any atom is -0.353 e. The largest absolute Gasteiger partial charge is 0.353 e. The lowest BCUT2D eigenvalue weighted by atomic mass is 10.2. The number of amides is 1. The fraction of sp³-hybridized carbons (Fsp3) is 0.600. The van der Waals surface area contributed by atoms with Gasteiger partial charge in [-0.1, -0.05) is 31.1 Å². The average Bonchev–Trinajstić information content (AvgIpc) is 3.16. The van der Waals surface area contributed by atoms with E-state index < -0.39 is 0 Å². The van der Waals surface area contributed by atoms with Crippen molar-refractivity contribution in [3.63, 3.8) is 0 Å². The first-order chi connectivity index (χ1) is 11.2. The van der Waals surface area contributed by atoms with Crippen molar-refractivity contribution >= 4 is 34.0 Å². The minimum absolute atomic E-state index is 0.0748. The summed E-state index contributed by atoms with van der Waals surface area (Å²) in [4.78, 5) is 29.0. The molecule has 1 fully saturated rings. The Kier molecular flexibility index (Phi) is 5.32. The molecule has 1 N–H and O–H groups in total. The highest BCUT2D eigenvalue weighted by molar-refractivity contribution is 7.99. The topological polar surface area (TPSA) is 76.4 Å². The van der Waals surface area contributed by atoms with Crippen molar-refractivity contribution < 1.29 is 4.79 Å². The van der Waals surface area contributed by atoms with Crippen LogP contribution < -0.4 is 10.9 Å². The number of aromatic nitrogens is 3. The van der Waals surface area contributed by atoms with Gasteiger partial charge in [0.1, 0.15) is 5.01 Å². The second kappa shape index (κ2) is 7.44. The number of rotatable bonds is 6. The van der Waals surface area contributed by atoms with Gasteiger partial charge in [-0.2, -0.15) is 9.61 Å². The standard InChI is InChI=1S/C15H20N4O2S2/c1-2-13-18-19-14(21)7-11(17-15(19)23-13)8-22-9-12(20)16-10-5-3-4-6-10/h7,10H,2-6,8-9H2,1H3,(H,16,20). The fourth-order valence-corrected chi connectivity index (χ4v) is 4.29. The zero-order chi connectivity index (χ0) is 16.2. The molecule has 8 heteroatoms. The third-order valence-electron chi connectivity index (χ3n) is 3.85. The Hall–Kier alpha value is -1.41. The van der Waals surface area contributed by atoms with Crippen LogP contribution in [0.15, 0.2) is 10.9 Å². The first kappa shape index (κ1) is 16.4. The third-order valence-corrected chi connectivity index (χ3v) is 5.86. The SMILES string of the molecule is CCc1nn2c(=O)cc(CSCC(=O)NC3CCCC3)nc2s1. The summed E-state index contributed by atoms with van der Waals surface area (Å²) >= 11 is 2.93. The van der Waals surface area contributed by atoms with Crippen molar-refractivity contribution in [2.24, 2.45) is 0 Å². The molecule has 124 valence electrons. The molecule has 0 radical (unpaired) electrons. The van der Waals surface area contributed by atoms with Crippen molar-refractivity contribution in [1.82, 2.24) is 19.9 Å². The van der Waals surface area contributed by atoms with E-state index in [1.807, 2.05) is 6.92 Å². The maximum atomic E-state index is 12.0. The summed E-state index contributed by atoms with van der Waals surface area (Å²) < 4.78 is 1.35. The van der Waals surface area contributed by atoms with Gasteiger partial charge < -0.3 is 5.32 Å². The molecule has 2 aromatic rings. The monoisotopic (exact) mass is 352 g/mol. The van der Waals surface area contributed by atoms with Crippen LogP contribution in [0.3, 0.4) is 0 Å². The smallest absolute Gasteiger partial charge is 0.275 e. The molecule has 0 spiro atoms. The summed E-state index contributed by atoms with van der Waals surface area (Å²) in [6.45, 7) is 2.00. The first-order valence-electron chi connectivity index (χ1n) is 7.91. The molecule has 3 rings (SSSR count). The van der Waals surface area contributed by atoms with Crippen LogP contribution in [0.25, 0.3) is 4.96 Å². The molecule has 6 nitrogen and oxygen atoms in total. The van der Waals surface area contributed by atoms with Crippen molar-refractivity contribution in [3.05, 3.63) is 27.1 Å². The molecule has 1 amide bonds. The number of aryl methyl sites for hydroxylation is 1. The summed E-state index contributed by atoms with van der Waals surface area (Å²) in [5.74, 6) is 1.04. The van der Waals surface area contributed by atoms with Gasteiger partial charge in [-0.3, -0.25) is 9.59 Å². The fourth-order valence-electron chi connectivity index (χ4n) is 2.70. The zero-order valence-electron chi connectivity index (χ0n) is 13.1. The summed E-state index contributed by atoms with van der Waals surface area (Å²) in [5.41, 5.74) is 0.553. The Bertz CT molecular complexity index is 750. The molecule has 2 aromatic heterocycles. The molecule has 0 unspecified atom stereocenters. The number of nitrogens with zero attached hydrogens (tertiary/aromatic N) is 3. The van der Waals surface area contributed by atoms with Crippen LogP contribution in [0.1, 0.15) is 43.3 Å². The van der Waals surface area contributed by atoms with E-state index in [4.69, 9.17) is 0 Å². The van der Waals surface area contributed by atoms with Gasteiger partial charge in [0.2, 0.25) is 10.9 Å². The zero-order valence-corrected chi connectivity index (χ0v) is 14.7. The van der Waals surface area contributed by atoms with Crippen LogP contribution in [-0.2, 0) is 17.0 Å². The van der Waals surface area contributed by atoms with E-state index in [2.05, 4.69) is 15.4 Å². The average molecular weight is 352 g/mol. The van der Waals surface area contributed by atoms with Gasteiger partial charge in [-0.25, -0.2) is 4.98 Å². The van der Waals surface area contributed by atoms with Crippen molar-refractivity contribution in [2.45, 2.75) is 50.8 Å². The molecule has 2 heterocycles. The number of hydrogen-bond donors (Lipinski definition) is 1. The molecular weight excluding hydrogens is 332 g/mol. The quantitative estimate of drug-likeness (QED) is 0.860. The van der Waals surface area contributed by atoms with E-state index >= 15 is 0 Å². The number of carbonyl (C=O) groups is 1. The number of fused-ring (bicyclic) bond motifs is 1. The summed E-state index contributed by atoms with van der Waals surface area (Å²) in [6.07, 6.45) is 5.40. The molecule has 0 aromatic carbocycles. The summed E-state index contributed by atoms with van der Waals surface area (Å²) in [6, 6.07) is 1.86. The van der Waals surface area contributed by atoms with E-state index in [0.29, 0.717) is 28.2 Å². The predicted molar refractivity (Wildman–Crippen MR) is 93.1 cm³/mol. The third kappa shape index (κ3) is 4.11. The van der Waals surface area contributed by atoms with E-state index in [1.165, 1.54) is 46.5 Å². The Morgan fingerprint density at radius 3 is 3.00 bits per heavy atom. The van der Waals surface area contributed by atoms with Gasteiger partial charge in [-0.05, 0) is 19.3 Å². The Labute approximate surface area is 142 Å². The van der Waals surface area contributed by atoms with Gasteiger partial charge in [-0.15, -0.1) is 11.8 Å². The Morgan fingerprint density at radius 2 is 2.26 bits per heavy atom. The van der Waals surface area contributed by atoms with Gasteiger partial charge >= 0.3 is 0 Å². The summed E-state index contributed by atoms with van der Waals surface area (Å²) in [5, 5.41) is 8.19. The molecule has 1 saturated carbocycles. The molecular formula is C15H20N4O2S2. The molecule has 0 atom stereocenters. The Morgan fingerprint density at radius 1 is 1.48 bits per heavy atom. The number of thioether (sulfide) groups is 1. The van der Waals surface area contributed by atoms with Crippen LogP contribution in [-0.4, -0.2) is 32.3 Å². The lowest BCUT2D eigenvalue weighted by Crippen LogP contribution is -2.33. The lowest BCUT2D eigenvalue weighted by molar-refractivity contribution is -0.119. The van der Waals surface area contributed by atoms with Crippen LogP contribution >= 0.6 is 23.1 Å². The van der Waals surface area contributed by atoms with Gasteiger partial charge in [0.25, 0.3) is 5.56 Å². The highest BCUT2D eigenvalue weighted by atomic mass is 32.2. The van der Waals surface area contributed by atoms with Gasteiger partial charge in [0.05, 0.1) is 11.4 Å². The molecule has 1 aliphatic carbocycles. The Balaban J connectivity index is 1.56. The van der Waals surface area contributed by atoms with Crippen LogP contribution in [0, 0.1) is 0 Å². The number of hydrogen-bond acceptors (Lipinski definition) is 6. The van der Waals surface area contributed by atoms with E-state index in [9.17, 15) is 9.59 Å². The normalized spacial score (nSPS) is 15.3. The first-order valence-corrected chi connectivity index (χ1v) is 9.88. The van der Waals surface area contributed by atoms with E-state index in [1.54, 1.807) is 0 Å². The highest BCUT2D eigenvalue weighted by Gasteiger charge is 2.17. The minimum atomic E-state index is -0.156. The maximum Gasteiger partial charge on any atom is 0.275 e. The molecule has 0 saturated heterocycles.